The van der Waals surface area contributed by atoms with Gasteiger partial charge in [0.15, 0.2) is 29.6 Å². The number of aliphatic hydroxyl groups is 1. The number of thioether (sulfide) groups is 1. The van der Waals surface area contributed by atoms with Gasteiger partial charge in [0, 0.05) is 31.3 Å². The average molecular weight is 698 g/mol. The van der Waals surface area contributed by atoms with Crippen molar-refractivity contribution in [2.45, 2.75) is 43.2 Å². The Morgan fingerprint density at radius 3 is 2.20 bits per heavy atom. The van der Waals surface area contributed by atoms with E-state index >= 15 is 0 Å². The Kier molecular flexibility index (Phi) is 10.3. The Hall–Kier alpha value is -4.70. The molecule has 254 valence electrons. The van der Waals surface area contributed by atoms with Crippen molar-refractivity contribution in [3.63, 3.8) is 0 Å². The van der Waals surface area contributed by atoms with Crippen LogP contribution >= 0.6 is 11.8 Å². The first-order valence-electron chi connectivity index (χ1n) is 15.0. The molecule has 15 heteroatoms. The van der Waals surface area contributed by atoms with E-state index < -0.39 is 46.8 Å². The minimum Gasteiger partial charge on any atom is -0.392 e. The number of benzene rings is 4. The van der Waals surface area contributed by atoms with Crippen molar-refractivity contribution in [2.75, 3.05) is 5.75 Å². The maximum absolute atomic E-state index is 14.1. The molecule has 0 bridgehead atoms. The van der Waals surface area contributed by atoms with E-state index in [4.69, 9.17) is 9.47 Å². The van der Waals surface area contributed by atoms with Gasteiger partial charge in [0.05, 0.1) is 18.8 Å². The summed E-state index contributed by atoms with van der Waals surface area (Å²) in [7, 11) is 1.76. The third kappa shape index (κ3) is 7.49. The largest absolute Gasteiger partial charge is 0.392 e. The molecule has 0 radical (unpaired) electrons. The highest BCUT2D eigenvalue weighted by molar-refractivity contribution is 7.99. The number of hydrogen-bond acceptors (Lipinski definition) is 8. The maximum Gasteiger partial charge on any atom is 0.257 e. The van der Waals surface area contributed by atoms with Crippen molar-refractivity contribution >= 4 is 17.7 Å². The Balaban J connectivity index is 1.16. The molecule has 1 fully saturated rings. The molecule has 1 aliphatic heterocycles. The molecule has 6 rings (SSSR count). The number of carbonyl (C=O) groups excluding carboxylic acids is 1. The van der Waals surface area contributed by atoms with Crippen LogP contribution in [0.3, 0.4) is 0 Å². The van der Waals surface area contributed by atoms with E-state index in [9.17, 15) is 31.9 Å². The number of carbonyl (C=O) groups is 1. The van der Waals surface area contributed by atoms with Crippen molar-refractivity contribution in [1.82, 2.24) is 25.5 Å². The number of aryl methyl sites for hydroxylation is 1. The molecule has 0 aliphatic carbocycles. The molecule has 1 saturated heterocycles. The monoisotopic (exact) mass is 697 g/mol. The molecule has 49 heavy (non-hydrogen) atoms. The summed E-state index contributed by atoms with van der Waals surface area (Å²) in [6.45, 7) is -0.302. The molecular formula is C34H28F5N5O4S. The first kappa shape index (κ1) is 34.2. The summed E-state index contributed by atoms with van der Waals surface area (Å²) in [6.07, 6.45) is -0.610. The lowest BCUT2D eigenvalue weighted by atomic mass is 9.99. The van der Waals surface area contributed by atoms with Crippen LogP contribution in [0.4, 0.5) is 22.0 Å². The molecule has 0 saturated carbocycles. The number of tetrazole rings is 1. The first-order chi connectivity index (χ1) is 23.6. The lowest BCUT2D eigenvalue weighted by Gasteiger charge is -2.36. The van der Waals surface area contributed by atoms with E-state index in [2.05, 4.69) is 20.8 Å². The van der Waals surface area contributed by atoms with E-state index in [0.717, 1.165) is 27.8 Å². The fraction of sp³-hybridized carbons (Fsp3) is 0.235. The van der Waals surface area contributed by atoms with Gasteiger partial charge in [-0.2, -0.15) is 0 Å². The highest BCUT2D eigenvalue weighted by Crippen LogP contribution is 2.39. The van der Waals surface area contributed by atoms with Gasteiger partial charge >= 0.3 is 0 Å². The quantitative estimate of drug-likeness (QED) is 0.0754. The van der Waals surface area contributed by atoms with Gasteiger partial charge in [-0.15, -0.1) is 5.10 Å². The SMILES string of the molecule is Cn1nnnc1SC[C@H]1C[C@@H](c2ccc(CO)cc2)O[C@@H](c2ccc(-c3cccc(CNC(=O)c4c(F)c(F)c(F)c(F)c4F)c3)cc2)O1. The van der Waals surface area contributed by atoms with E-state index in [1.807, 2.05) is 54.6 Å². The van der Waals surface area contributed by atoms with Crippen molar-refractivity contribution in [2.24, 2.45) is 7.05 Å². The molecule has 4 aromatic carbocycles. The van der Waals surface area contributed by atoms with Crippen LogP contribution in [0.5, 0.6) is 0 Å². The zero-order chi connectivity index (χ0) is 34.7. The molecule has 3 atom stereocenters. The number of rotatable bonds is 10. The summed E-state index contributed by atoms with van der Waals surface area (Å²) in [5.74, 6) is -12.0. The molecule has 1 aromatic heterocycles. The van der Waals surface area contributed by atoms with E-state index in [1.165, 1.54) is 11.8 Å². The highest BCUT2D eigenvalue weighted by Gasteiger charge is 2.33. The zero-order valence-electron chi connectivity index (χ0n) is 25.7. The second kappa shape index (κ2) is 14.8. The van der Waals surface area contributed by atoms with E-state index in [0.29, 0.717) is 22.9 Å². The van der Waals surface area contributed by atoms with Crippen molar-refractivity contribution in [3.05, 3.63) is 130 Å². The van der Waals surface area contributed by atoms with Crippen LogP contribution in [0.2, 0.25) is 0 Å². The van der Waals surface area contributed by atoms with Crippen LogP contribution in [0, 0.1) is 29.1 Å². The Morgan fingerprint density at radius 1 is 0.878 bits per heavy atom. The number of aliphatic hydroxyl groups excluding tert-OH is 1. The summed E-state index contributed by atoms with van der Waals surface area (Å²) in [6, 6.07) is 21.9. The number of halogens is 5. The van der Waals surface area contributed by atoms with E-state index in [1.54, 1.807) is 29.9 Å². The summed E-state index contributed by atoms with van der Waals surface area (Å²) >= 11 is 1.47. The summed E-state index contributed by atoms with van der Waals surface area (Å²) in [5, 5.41) is 23.9. The van der Waals surface area contributed by atoms with Crippen molar-refractivity contribution in [3.8, 4) is 11.1 Å². The van der Waals surface area contributed by atoms with Gasteiger partial charge in [-0.25, -0.2) is 26.6 Å². The van der Waals surface area contributed by atoms with Gasteiger partial charge in [-0.3, -0.25) is 4.79 Å². The molecule has 9 nitrogen and oxygen atoms in total. The first-order valence-corrected chi connectivity index (χ1v) is 16.0. The van der Waals surface area contributed by atoms with Crippen molar-refractivity contribution < 1.29 is 41.3 Å². The van der Waals surface area contributed by atoms with Gasteiger partial charge in [0.1, 0.15) is 5.56 Å². The molecule has 2 heterocycles. The topological polar surface area (TPSA) is 111 Å². The normalized spacial score (nSPS) is 17.7. The second-order valence-electron chi connectivity index (χ2n) is 11.2. The van der Waals surface area contributed by atoms with Crippen LogP contribution in [0.25, 0.3) is 11.1 Å². The minimum absolute atomic E-state index is 0.0646. The van der Waals surface area contributed by atoms with Gasteiger partial charge < -0.3 is 19.9 Å². The molecule has 2 N–H and O–H groups in total. The van der Waals surface area contributed by atoms with E-state index in [-0.39, 0.29) is 25.4 Å². The minimum atomic E-state index is -2.34. The lowest BCUT2D eigenvalue weighted by molar-refractivity contribution is -0.245. The Bertz CT molecular complexity index is 1930. The molecule has 1 amide bonds. The number of nitrogens with one attached hydrogen (secondary N) is 1. The third-order valence-electron chi connectivity index (χ3n) is 7.93. The fourth-order valence-electron chi connectivity index (χ4n) is 5.30. The smallest absolute Gasteiger partial charge is 0.257 e. The van der Waals surface area contributed by atoms with Crippen molar-refractivity contribution in [1.29, 1.82) is 0 Å². The molecule has 0 spiro atoms. The summed E-state index contributed by atoms with van der Waals surface area (Å²) in [4.78, 5) is 12.4. The lowest BCUT2D eigenvalue weighted by Crippen LogP contribution is -2.31. The van der Waals surface area contributed by atoms with Crippen LogP contribution in [0.1, 0.15) is 51.4 Å². The van der Waals surface area contributed by atoms with Crippen LogP contribution in [0.15, 0.2) is 78.0 Å². The Morgan fingerprint density at radius 2 is 1.55 bits per heavy atom. The molecule has 0 unspecified atom stereocenters. The number of amides is 1. The summed E-state index contributed by atoms with van der Waals surface area (Å²) < 4.78 is 83.1. The predicted molar refractivity (Wildman–Crippen MR) is 167 cm³/mol. The van der Waals surface area contributed by atoms with Gasteiger partial charge in [-0.1, -0.05) is 78.5 Å². The van der Waals surface area contributed by atoms with Gasteiger partial charge in [-0.05, 0) is 44.3 Å². The number of ether oxygens (including phenoxy) is 2. The number of hydrogen-bond donors (Lipinski definition) is 2. The fourth-order valence-corrected chi connectivity index (χ4v) is 6.17. The van der Waals surface area contributed by atoms with Gasteiger partial charge in [0.2, 0.25) is 11.0 Å². The number of aromatic nitrogens is 4. The van der Waals surface area contributed by atoms with Crippen LogP contribution in [-0.2, 0) is 29.7 Å². The Labute approximate surface area is 281 Å². The predicted octanol–water partition coefficient (Wildman–Crippen LogP) is 6.33. The zero-order valence-corrected chi connectivity index (χ0v) is 26.6. The van der Waals surface area contributed by atoms with Crippen LogP contribution in [-0.4, -0.2) is 43.1 Å². The van der Waals surface area contributed by atoms with Gasteiger partial charge in [0.25, 0.3) is 5.91 Å². The standard InChI is InChI=1S/C34H28F5N5O4S/c1-44-34(41-42-43-44)49-17-24-14-25(21-7-5-18(16-45)6-8-21)48-33(47-24)22-11-9-20(10-12-22)23-4-2-3-19(13-23)15-40-32(46)26-27(35)29(37)31(39)30(38)28(26)36/h2-13,24-25,33,45H,14-17H2,1H3,(H,40,46)/t24-,25+,33+/m1/s1. The third-order valence-corrected chi connectivity index (χ3v) is 9.07. The molecular weight excluding hydrogens is 669 g/mol. The summed E-state index contributed by atoms with van der Waals surface area (Å²) in [5.41, 5.74) is 3.01. The number of nitrogens with zero attached hydrogens (tertiary/aromatic N) is 4. The molecule has 5 aromatic rings. The highest BCUT2D eigenvalue weighted by atomic mass is 32.2. The second-order valence-corrected chi connectivity index (χ2v) is 12.2. The maximum atomic E-state index is 14.1. The average Bonchev–Trinajstić information content (AvgIpc) is 3.55. The molecule has 1 aliphatic rings. The van der Waals surface area contributed by atoms with Crippen LogP contribution < -0.4 is 5.32 Å².